The van der Waals surface area contributed by atoms with Crippen molar-refractivity contribution in [3.8, 4) is 0 Å². The molecule has 0 aliphatic heterocycles. The Hall–Kier alpha value is -1.95. The summed E-state index contributed by atoms with van der Waals surface area (Å²) < 4.78 is 40.0. The Morgan fingerprint density at radius 1 is 1.19 bits per heavy atom. The number of benzene rings is 1. The van der Waals surface area contributed by atoms with Crippen molar-refractivity contribution >= 4 is 15.7 Å². The van der Waals surface area contributed by atoms with Gasteiger partial charge in [0.05, 0.1) is 0 Å². The zero-order valence-electron chi connectivity index (χ0n) is 11.7. The number of aryl methyl sites for hydroxylation is 1. The van der Waals surface area contributed by atoms with Gasteiger partial charge in [0.1, 0.15) is 0 Å². The maximum atomic E-state index is 13.5. The van der Waals surface area contributed by atoms with Gasteiger partial charge in [-0.15, -0.1) is 0 Å². The third-order valence-electron chi connectivity index (χ3n) is 3.00. The van der Waals surface area contributed by atoms with Crippen molar-refractivity contribution in [1.82, 2.24) is 4.98 Å². The topological polar surface area (TPSA) is 59.1 Å². The number of sulfonamides is 1. The van der Waals surface area contributed by atoms with Crippen LogP contribution in [0.3, 0.4) is 0 Å². The van der Waals surface area contributed by atoms with Crippen LogP contribution in [0.15, 0.2) is 47.6 Å². The fourth-order valence-corrected chi connectivity index (χ4v) is 2.96. The summed E-state index contributed by atoms with van der Waals surface area (Å²) in [5, 5.41) is -0.597. The third kappa shape index (κ3) is 4.01. The second kappa shape index (κ2) is 6.67. The summed E-state index contributed by atoms with van der Waals surface area (Å²) in [5.41, 5.74) is 1.53. The van der Waals surface area contributed by atoms with Crippen LogP contribution >= 0.6 is 0 Å². The summed E-state index contributed by atoms with van der Waals surface area (Å²) in [4.78, 5) is 3.58. The second-order valence-corrected chi connectivity index (χ2v) is 6.29. The lowest BCUT2D eigenvalue weighted by Gasteiger charge is -2.08. The van der Waals surface area contributed by atoms with Gasteiger partial charge in [0.2, 0.25) is 5.03 Å². The molecule has 0 bridgehead atoms. The molecule has 112 valence electrons. The molecule has 21 heavy (non-hydrogen) atoms. The summed E-state index contributed by atoms with van der Waals surface area (Å²) in [7, 11) is -4.01. The lowest BCUT2D eigenvalue weighted by atomic mass is 10.1. The van der Waals surface area contributed by atoms with Crippen LogP contribution < -0.4 is 4.72 Å². The predicted octanol–water partition coefficient (Wildman–Crippen LogP) is 3.36. The Balaban J connectivity index is 2.16. The van der Waals surface area contributed by atoms with Crippen molar-refractivity contribution in [3.05, 3.63) is 54.0 Å². The van der Waals surface area contributed by atoms with Crippen LogP contribution in [0.1, 0.15) is 25.3 Å². The zero-order valence-corrected chi connectivity index (χ0v) is 12.5. The van der Waals surface area contributed by atoms with E-state index in [1.54, 1.807) is 12.1 Å². The van der Waals surface area contributed by atoms with Crippen molar-refractivity contribution in [2.75, 3.05) is 4.72 Å². The van der Waals surface area contributed by atoms with Gasteiger partial charge >= 0.3 is 0 Å². The van der Waals surface area contributed by atoms with E-state index in [0.717, 1.165) is 30.9 Å². The average Bonchev–Trinajstić information content (AvgIpc) is 2.46. The van der Waals surface area contributed by atoms with Gasteiger partial charge in [0.25, 0.3) is 10.0 Å². The first kappa shape index (κ1) is 15.4. The van der Waals surface area contributed by atoms with E-state index in [1.165, 1.54) is 12.3 Å². The van der Waals surface area contributed by atoms with E-state index < -0.39 is 20.9 Å². The van der Waals surface area contributed by atoms with Gasteiger partial charge < -0.3 is 0 Å². The molecule has 1 aromatic carbocycles. The van der Waals surface area contributed by atoms with Crippen LogP contribution in [0.25, 0.3) is 0 Å². The SMILES string of the molecule is CCCCc1ccc(NS(=O)(=O)c2ncccc2F)cc1. The Bertz CT molecular complexity index is 700. The monoisotopic (exact) mass is 308 g/mol. The van der Waals surface area contributed by atoms with Gasteiger partial charge in [-0.25, -0.2) is 9.37 Å². The van der Waals surface area contributed by atoms with Crippen molar-refractivity contribution in [1.29, 1.82) is 0 Å². The Kier molecular flexibility index (Phi) is 4.90. The molecule has 2 rings (SSSR count). The maximum Gasteiger partial charge on any atom is 0.282 e. The minimum atomic E-state index is -4.01. The minimum absolute atomic E-state index is 0.389. The highest BCUT2D eigenvalue weighted by atomic mass is 32.2. The molecule has 2 aromatic rings. The molecule has 0 atom stereocenters. The molecule has 0 saturated heterocycles. The fraction of sp³-hybridized carbons (Fsp3) is 0.267. The smallest absolute Gasteiger partial charge is 0.278 e. The van der Waals surface area contributed by atoms with Crippen molar-refractivity contribution in [2.45, 2.75) is 31.2 Å². The van der Waals surface area contributed by atoms with Gasteiger partial charge in [0.15, 0.2) is 5.82 Å². The predicted molar refractivity (Wildman–Crippen MR) is 80.1 cm³/mol. The average molecular weight is 308 g/mol. The summed E-state index contributed by atoms with van der Waals surface area (Å²) in [5.74, 6) is -0.871. The molecule has 0 saturated carbocycles. The second-order valence-electron chi connectivity index (χ2n) is 4.70. The van der Waals surface area contributed by atoms with Crippen molar-refractivity contribution in [3.63, 3.8) is 0 Å². The van der Waals surface area contributed by atoms with Crippen LogP contribution in [0.5, 0.6) is 0 Å². The normalized spacial score (nSPS) is 11.3. The van der Waals surface area contributed by atoms with E-state index in [2.05, 4.69) is 16.6 Å². The van der Waals surface area contributed by atoms with Crippen LogP contribution in [0.2, 0.25) is 0 Å². The zero-order chi connectivity index (χ0) is 15.3. The van der Waals surface area contributed by atoms with E-state index in [4.69, 9.17) is 0 Å². The van der Waals surface area contributed by atoms with E-state index in [0.29, 0.717) is 5.69 Å². The molecule has 0 radical (unpaired) electrons. The van der Waals surface area contributed by atoms with Crippen molar-refractivity contribution in [2.24, 2.45) is 0 Å². The number of hydrogen-bond donors (Lipinski definition) is 1. The van der Waals surface area contributed by atoms with Crippen LogP contribution in [0.4, 0.5) is 10.1 Å². The molecule has 0 aliphatic rings. The summed E-state index contributed by atoms with van der Waals surface area (Å²) >= 11 is 0. The van der Waals surface area contributed by atoms with Gasteiger partial charge in [-0.05, 0) is 42.7 Å². The van der Waals surface area contributed by atoms with Gasteiger partial charge in [-0.3, -0.25) is 4.72 Å². The van der Waals surface area contributed by atoms with Gasteiger partial charge in [0, 0.05) is 11.9 Å². The molecule has 0 unspecified atom stereocenters. The fourth-order valence-electron chi connectivity index (χ4n) is 1.89. The van der Waals surface area contributed by atoms with Crippen LogP contribution in [0, 0.1) is 5.82 Å². The van der Waals surface area contributed by atoms with E-state index in [-0.39, 0.29) is 0 Å². The largest absolute Gasteiger partial charge is 0.282 e. The summed E-state index contributed by atoms with van der Waals surface area (Å²) in [6.07, 6.45) is 4.39. The quantitative estimate of drug-likeness (QED) is 0.890. The van der Waals surface area contributed by atoms with E-state index in [1.807, 2.05) is 12.1 Å². The number of nitrogens with zero attached hydrogens (tertiary/aromatic N) is 1. The molecule has 1 heterocycles. The number of unbranched alkanes of at least 4 members (excludes halogenated alkanes) is 1. The Labute approximate surface area is 124 Å². The van der Waals surface area contributed by atoms with Crippen LogP contribution in [-0.2, 0) is 16.4 Å². The van der Waals surface area contributed by atoms with Crippen molar-refractivity contribution < 1.29 is 12.8 Å². The highest BCUT2D eigenvalue weighted by molar-refractivity contribution is 7.92. The number of aromatic nitrogens is 1. The molecule has 1 aromatic heterocycles. The number of hydrogen-bond acceptors (Lipinski definition) is 3. The highest BCUT2D eigenvalue weighted by Gasteiger charge is 2.20. The molecule has 0 amide bonds. The summed E-state index contributed by atoms with van der Waals surface area (Å²) in [6.45, 7) is 2.11. The molecule has 0 aliphatic carbocycles. The molecule has 0 spiro atoms. The van der Waals surface area contributed by atoms with E-state index in [9.17, 15) is 12.8 Å². The molecule has 6 heteroatoms. The molecular weight excluding hydrogens is 291 g/mol. The molecular formula is C15H17FN2O2S. The first-order chi connectivity index (χ1) is 10.0. The first-order valence-electron chi connectivity index (χ1n) is 6.75. The van der Waals surface area contributed by atoms with Crippen LogP contribution in [-0.4, -0.2) is 13.4 Å². The van der Waals surface area contributed by atoms with E-state index >= 15 is 0 Å². The maximum absolute atomic E-state index is 13.5. The standard InChI is InChI=1S/C15H17FN2O2S/c1-2-3-5-12-7-9-13(10-8-12)18-21(19,20)15-14(16)6-4-11-17-15/h4,6-11,18H,2-3,5H2,1H3. The van der Waals surface area contributed by atoms with Gasteiger partial charge in [-0.1, -0.05) is 25.5 Å². The Morgan fingerprint density at radius 3 is 2.52 bits per heavy atom. The third-order valence-corrected chi connectivity index (χ3v) is 4.32. The number of halogens is 1. The highest BCUT2D eigenvalue weighted by Crippen LogP contribution is 2.17. The molecule has 1 N–H and O–H groups in total. The lowest BCUT2D eigenvalue weighted by Crippen LogP contribution is -2.16. The molecule has 4 nitrogen and oxygen atoms in total. The lowest BCUT2D eigenvalue weighted by molar-refractivity contribution is 0.557. The first-order valence-corrected chi connectivity index (χ1v) is 8.23. The minimum Gasteiger partial charge on any atom is -0.278 e. The Morgan fingerprint density at radius 2 is 1.90 bits per heavy atom. The summed E-state index contributed by atoms with van der Waals surface area (Å²) in [6, 6.07) is 9.48. The van der Waals surface area contributed by atoms with Gasteiger partial charge in [-0.2, -0.15) is 8.42 Å². The number of nitrogens with one attached hydrogen (secondary N) is 1. The number of rotatable bonds is 6. The molecule has 0 fully saturated rings. The number of pyridine rings is 1. The number of anilines is 1.